The number of fused-ring (bicyclic) bond motifs is 1. The van der Waals surface area contributed by atoms with E-state index in [0.29, 0.717) is 41.1 Å². The van der Waals surface area contributed by atoms with Gasteiger partial charge in [-0.25, -0.2) is 0 Å². The fraction of sp³-hybridized carbons (Fsp3) is 0.280. The van der Waals surface area contributed by atoms with E-state index in [1.54, 1.807) is 18.2 Å². The largest absolute Gasteiger partial charge is 0.490 e. The summed E-state index contributed by atoms with van der Waals surface area (Å²) in [5.41, 5.74) is 2.86. The Kier molecular flexibility index (Phi) is 7.96. The highest BCUT2D eigenvalue weighted by molar-refractivity contribution is 9.10. The summed E-state index contributed by atoms with van der Waals surface area (Å²) in [5.74, 6) is 0.750. The van der Waals surface area contributed by atoms with Gasteiger partial charge in [-0.2, -0.15) is 5.26 Å². The first-order valence-corrected chi connectivity index (χ1v) is 11.3. The number of ether oxygens (including phenoxy) is 2. The molecule has 7 heteroatoms. The Hall–Kier alpha value is -3.24. The summed E-state index contributed by atoms with van der Waals surface area (Å²) in [7, 11) is 0. The number of hydrogen-bond acceptors (Lipinski definition) is 4. The van der Waals surface area contributed by atoms with Gasteiger partial charge in [-0.05, 0) is 62.6 Å². The number of rotatable bonds is 9. The van der Waals surface area contributed by atoms with Gasteiger partial charge in [-0.15, -0.1) is 0 Å². The minimum Gasteiger partial charge on any atom is -0.490 e. The van der Waals surface area contributed by atoms with Crippen molar-refractivity contribution in [1.82, 2.24) is 10.3 Å². The van der Waals surface area contributed by atoms with Crippen LogP contribution >= 0.6 is 15.9 Å². The molecule has 0 aliphatic carbocycles. The van der Waals surface area contributed by atoms with E-state index < -0.39 is 5.91 Å². The minimum absolute atomic E-state index is 0.0138. The van der Waals surface area contributed by atoms with Gasteiger partial charge in [0.25, 0.3) is 5.91 Å². The zero-order valence-electron chi connectivity index (χ0n) is 18.4. The number of aromatic amines is 1. The van der Waals surface area contributed by atoms with Gasteiger partial charge in [-0.3, -0.25) is 4.79 Å². The van der Waals surface area contributed by atoms with Crippen LogP contribution in [0.5, 0.6) is 11.5 Å². The SMILES string of the molecule is CCOc1cc(/C=C(/C#N)C(=O)NCCc2c[nH]c3ccccc23)c(Br)cc1OC(C)C. The van der Waals surface area contributed by atoms with Crippen molar-refractivity contribution in [2.24, 2.45) is 0 Å². The van der Waals surface area contributed by atoms with Crippen molar-refractivity contribution in [3.05, 3.63) is 63.8 Å². The van der Waals surface area contributed by atoms with Gasteiger partial charge in [-0.1, -0.05) is 34.1 Å². The van der Waals surface area contributed by atoms with Crippen LogP contribution < -0.4 is 14.8 Å². The molecule has 0 saturated heterocycles. The van der Waals surface area contributed by atoms with Crippen LogP contribution in [0.2, 0.25) is 0 Å². The predicted molar refractivity (Wildman–Crippen MR) is 130 cm³/mol. The summed E-state index contributed by atoms with van der Waals surface area (Å²) >= 11 is 3.51. The van der Waals surface area contributed by atoms with E-state index in [2.05, 4.69) is 26.2 Å². The fourth-order valence-electron chi connectivity index (χ4n) is 3.32. The van der Waals surface area contributed by atoms with Gasteiger partial charge < -0.3 is 19.8 Å². The Balaban J connectivity index is 1.73. The van der Waals surface area contributed by atoms with E-state index in [1.165, 1.54) is 0 Å². The van der Waals surface area contributed by atoms with E-state index in [1.807, 2.05) is 57.3 Å². The van der Waals surface area contributed by atoms with E-state index in [0.717, 1.165) is 16.5 Å². The molecule has 1 amide bonds. The topological polar surface area (TPSA) is 87.1 Å². The van der Waals surface area contributed by atoms with Gasteiger partial charge in [0.2, 0.25) is 0 Å². The summed E-state index contributed by atoms with van der Waals surface area (Å²) in [6, 6.07) is 13.6. The molecular formula is C25H26BrN3O3. The maximum absolute atomic E-state index is 12.6. The maximum atomic E-state index is 12.6. The number of aromatic nitrogens is 1. The van der Waals surface area contributed by atoms with Crippen molar-refractivity contribution in [3.8, 4) is 17.6 Å². The zero-order valence-corrected chi connectivity index (χ0v) is 20.0. The summed E-state index contributed by atoms with van der Waals surface area (Å²) in [5, 5.41) is 13.5. The Morgan fingerprint density at radius 2 is 2.06 bits per heavy atom. The molecule has 2 N–H and O–H groups in total. The van der Waals surface area contributed by atoms with Crippen molar-refractivity contribution in [2.45, 2.75) is 33.3 Å². The predicted octanol–water partition coefficient (Wildman–Crippen LogP) is 5.38. The molecule has 0 aliphatic heterocycles. The Morgan fingerprint density at radius 3 is 2.78 bits per heavy atom. The summed E-state index contributed by atoms with van der Waals surface area (Å²) < 4.78 is 12.2. The molecule has 0 radical (unpaired) electrons. The summed E-state index contributed by atoms with van der Waals surface area (Å²) in [6.45, 7) is 6.65. The van der Waals surface area contributed by atoms with Crippen LogP contribution in [0.1, 0.15) is 31.9 Å². The second kappa shape index (κ2) is 10.9. The van der Waals surface area contributed by atoms with Crippen molar-refractivity contribution in [3.63, 3.8) is 0 Å². The van der Waals surface area contributed by atoms with Gasteiger partial charge in [0.1, 0.15) is 11.6 Å². The lowest BCUT2D eigenvalue weighted by Gasteiger charge is -2.16. The molecule has 0 spiro atoms. The molecule has 0 saturated carbocycles. The number of benzene rings is 2. The number of nitriles is 1. The van der Waals surface area contributed by atoms with Crippen LogP contribution in [0, 0.1) is 11.3 Å². The van der Waals surface area contributed by atoms with Crippen LogP contribution in [0.25, 0.3) is 17.0 Å². The van der Waals surface area contributed by atoms with Crippen molar-refractivity contribution < 1.29 is 14.3 Å². The molecular weight excluding hydrogens is 470 g/mol. The number of amides is 1. The third kappa shape index (κ3) is 5.71. The van der Waals surface area contributed by atoms with Crippen LogP contribution in [-0.4, -0.2) is 30.1 Å². The number of carbonyl (C=O) groups excluding carboxylic acids is 1. The highest BCUT2D eigenvalue weighted by atomic mass is 79.9. The molecule has 32 heavy (non-hydrogen) atoms. The first-order valence-electron chi connectivity index (χ1n) is 10.5. The highest BCUT2D eigenvalue weighted by Gasteiger charge is 2.14. The summed E-state index contributed by atoms with van der Waals surface area (Å²) in [6.07, 6.45) is 4.14. The molecule has 0 unspecified atom stereocenters. The Labute approximate surface area is 196 Å². The second-order valence-corrected chi connectivity index (χ2v) is 8.31. The van der Waals surface area contributed by atoms with Gasteiger partial charge in [0.15, 0.2) is 11.5 Å². The van der Waals surface area contributed by atoms with Gasteiger partial charge in [0, 0.05) is 28.1 Å². The number of H-pyrrole nitrogens is 1. The van der Waals surface area contributed by atoms with E-state index >= 15 is 0 Å². The Bertz CT molecular complexity index is 1170. The Morgan fingerprint density at radius 1 is 1.28 bits per heavy atom. The minimum atomic E-state index is -0.417. The molecule has 2 aromatic carbocycles. The molecule has 0 atom stereocenters. The van der Waals surface area contributed by atoms with Crippen LogP contribution in [0.15, 0.2) is 52.6 Å². The summed E-state index contributed by atoms with van der Waals surface area (Å²) in [4.78, 5) is 15.9. The van der Waals surface area contributed by atoms with Crippen molar-refractivity contribution in [2.75, 3.05) is 13.2 Å². The number of hydrogen-bond donors (Lipinski definition) is 2. The molecule has 1 aromatic heterocycles. The molecule has 6 nitrogen and oxygen atoms in total. The smallest absolute Gasteiger partial charge is 0.261 e. The number of halogens is 1. The lowest BCUT2D eigenvalue weighted by Crippen LogP contribution is -2.26. The number of nitrogens with zero attached hydrogens (tertiary/aromatic N) is 1. The first-order chi connectivity index (χ1) is 15.4. The quantitative estimate of drug-likeness (QED) is 0.308. The van der Waals surface area contributed by atoms with Crippen molar-refractivity contribution in [1.29, 1.82) is 5.26 Å². The number of carbonyl (C=O) groups is 1. The zero-order chi connectivity index (χ0) is 23.1. The number of para-hydroxylation sites is 1. The van der Waals surface area contributed by atoms with E-state index in [9.17, 15) is 10.1 Å². The fourth-order valence-corrected chi connectivity index (χ4v) is 3.76. The van der Waals surface area contributed by atoms with Crippen LogP contribution in [0.4, 0.5) is 0 Å². The van der Waals surface area contributed by atoms with Gasteiger partial charge in [0.05, 0.1) is 12.7 Å². The molecule has 3 aromatic rings. The third-order valence-electron chi connectivity index (χ3n) is 4.75. The van der Waals surface area contributed by atoms with Crippen LogP contribution in [-0.2, 0) is 11.2 Å². The van der Waals surface area contributed by atoms with E-state index in [4.69, 9.17) is 9.47 Å². The normalized spacial score (nSPS) is 11.4. The molecule has 0 aliphatic rings. The second-order valence-electron chi connectivity index (χ2n) is 7.46. The maximum Gasteiger partial charge on any atom is 0.261 e. The lowest BCUT2D eigenvalue weighted by atomic mass is 10.1. The first kappa shape index (κ1) is 23.4. The molecule has 1 heterocycles. The standard InChI is InChI=1S/C25H26BrN3O3/c1-4-31-23-12-18(21(26)13-24(23)32-16(2)3)11-19(14-27)25(30)28-10-9-17-15-29-22-8-6-5-7-20(17)22/h5-8,11-13,15-16,29H,4,9-10H2,1-3H3,(H,28,30)/b19-11-. The monoisotopic (exact) mass is 495 g/mol. The molecule has 166 valence electrons. The molecule has 0 fully saturated rings. The van der Waals surface area contributed by atoms with Crippen molar-refractivity contribution >= 4 is 38.8 Å². The third-order valence-corrected chi connectivity index (χ3v) is 5.43. The lowest BCUT2D eigenvalue weighted by molar-refractivity contribution is -0.117. The average molecular weight is 496 g/mol. The van der Waals surface area contributed by atoms with Gasteiger partial charge >= 0.3 is 0 Å². The number of nitrogens with one attached hydrogen (secondary N) is 2. The molecule has 3 rings (SSSR count). The highest BCUT2D eigenvalue weighted by Crippen LogP contribution is 2.35. The van der Waals surface area contributed by atoms with Crippen LogP contribution in [0.3, 0.4) is 0 Å². The average Bonchev–Trinajstić information content (AvgIpc) is 3.17. The van der Waals surface area contributed by atoms with E-state index in [-0.39, 0.29) is 11.7 Å². The molecule has 0 bridgehead atoms.